The second kappa shape index (κ2) is 6.36. The molecule has 5 nitrogen and oxygen atoms in total. The summed E-state index contributed by atoms with van der Waals surface area (Å²) in [4.78, 5) is 28.3. The molecule has 6 heteroatoms. The van der Waals surface area contributed by atoms with Crippen LogP contribution in [-0.2, 0) is 11.2 Å². The second-order valence-electron chi connectivity index (χ2n) is 5.20. The predicted octanol–water partition coefficient (Wildman–Crippen LogP) is 2.48. The number of nitrogens with zero attached hydrogens (tertiary/aromatic N) is 2. The SMILES string of the molecule is CCc1ccc(NC(=O)CC2CSc3nccc(=O)n32)cc1. The summed E-state index contributed by atoms with van der Waals surface area (Å²) in [6.45, 7) is 2.09. The number of benzene rings is 1. The number of anilines is 1. The number of rotatable bonds is 4. The number of amides is 1. The lowest BCUT2D eigenvalue weighted by Gasteiger charge is -2.13. The summed E-state index contributed by atoms with van der Waals surface area (Å²) < 4.78 is 1.62. The number of fused-ring (bicyclic) bond motifs is 1. The molecule has 1 aliphatic heterocycles. The highest BCUT2D eigenvalue weighted by atomic mass is 32.2. The van der Waals surface area contributed by atoms with Crippen LogP contribution in [0.25, 0.3) is 0 Å². The van der Waals surface area contributed by atoms with Crippen LogP contribution in [0.15, 0.2) is 46.5 Å². The van der Waals surface area contributed by atoms with E-state index in [4.69, 9.17) is 0 Å². The van der Waals surface area contributed by atoms with E-state index in [0.29, 0.717) is 10.9 Å². The number of thioether (sulfide) groups is 1. The first-order valence-electron chi connectivity index (χ1n) is 7.26. The van der Waals surface area contributed by atoms with Gasteiger partial charge in [-0.2, -0.15) is 0 Å². The minimum atomic E-state index is -0.129. The molecular weight excluding hydrogens is 298 g/mol. The molecule has 1 unspecified atom stereocenters. The molecule has 0 saturated carbocycles. The molecule has 0 saturated heterocycles. The van der Waals surface area contributed by atoms with Crippen molar-refractivity contribution in [2.75, 3.05) is 11.1 Å². The minimum Gasteiger partial charge on any atom is -0.326 e. The summed E-state index contributed by atoms with van der Waals surface area (Å²) in [7, 11) is 0. The topological polar surface area (TPSA) is 64.0 Å². The average molecular weight is 315 g/mol. The highest BCUT2D eigenvalue weighted by Crippen LogP contribution is 2.31. The first-order chi connectivity index (χ1) is 10.7. The Hall–Kier alpha value is -2.08. The van der Waals surface area contributed by atoms with Crippen molar-refractivity contribution in [3.63, 3.8) is 0 Å². The summed E-state index contributed by atoms with van der Waals surface area (Å²) >= 11 is 1.52. The third kappa shape index (κ3) is 3.06. The van der Waals surface area contributed by atoms with E-state index in [1.165, 1.54) is 29.6 Å². The predicted molar refractivity (Wildman–Crippen MR) is 87.3 cm³/mol. The van der Waals surface area contributed by atoms with Crippen LogP contribution in [0.5, 0.6) is 0 Å². The lowest BCUT2D eigenvalue weighted by molar-refractivity contribution is -0.116. The van der Waals surface area contributed by atoms with Crippen LogP contribution in [0.1, 0.15) is 24.9 Å². The standard InChI is InChI=1S/C16H17N3O2S/c1-2-11-3-5-12(6-4-11)18-14(20)9-13-10-22-16-17-8-7-15(21)19(13)16/h3-8,13H,2,9-10H2,1H3,(H,18,20). The molecule has 1 atom stereocenters. The summed E-state index contributed by atoms with van der Waals surface area (Å²) in [6, 6.07) is 9.12. The molecule has 3 rings (SSSR count). The van der Waals surface area contributed by atoms with Gasteiger partial charge in [0.15, 0.2) is 5.16 Å². The first-order valence-corrected chi connectivity index (χ1v) is 8.25. The van der Waals surface area contributed by atoms with Crippen LogP contribution < -0.4 is 10.9 Å². The fourth-order valence-electron chi connectivity index (χ4n) is 2.49. The molecule has 22 heavy (non-hydrogen) atoms. The number of nitrogens with one attached hydrogen (secondary N) is 1. The summed E-state index contributed by atoms with van der Waals surface area (Å²) in [5.41, 5.74) is 1.92. The lowest BCUT2D eigenvalue weighted by Crippen LogP contribution is -2.26. The molecule has 1 amide bonds. The lowest BCUT2D eigenvalue weighted by atomic mass is 10.1. The molecule has 0 aliphatic carbocycles. The molecule has 1 N–H and O–H groups in total. The van der Waals surface area contributed by atoms with E-state index >= 15 is 0 Å². The monoisotopic (exact) mass is 315 g/mol. The van der Waals surface area contributed by atoms with Gasteiger partial charge in [0, 0.05) is 30.1 Å². The molecule has 1 aromatic carbocycles. The molecule has 0 bridgehead atoms. The van der Waals surface area contributed by atoms with Crippen LogP contribution in [0.2, 0.25) is 0 Å². The minimum absolute atomic E-state index is 0.0848. The third-order valence-electron chi connectivity index (χ3n) is 3.68. The van der Waals surface area contributed by atoms with Gasteiger partial charge < -0.3 is 5.32 Å². The van der Waals surface area contributed by atoms with Crippen molar-refractivity contribution in [1.29, 1.82) is 0 Å². The highest BCUT2D eigenvalue weighted by molar-refractivity contribution is 7.99. The highest BCUT2D eigenvalue weighted by Gasteiger charge is 2.26. The zero-order chi connectivity index (χ0) is 15.5. The van der Waals surface area contributed by atoms with Crippen molar-refractivity contribution in [2.24, 2.45) is 0 Å². The van der Waals surface area contributed by atoms with Crippen LogP contribution >= 0.6 is 11.8 Å². The van der Waals surface area contributed by atoms with E-state index in [1.807, 2.05) is 24.3 Å². The Morgan fingerprint density at radius 3 is 2.86 bits per heavy atom. The largest absolute Gasteiger partial charge is 0.326 e. The van der Waals surface area contributed by atoms with Crippen LogP contribution in [0, 0.1) is 0 Å². The third-order valence-corrected chi connectivity index (χ3v) is 4.79. The van der Waals surface area contributed by atoms with Gasteiger partial charge >= 0.3 is 0 Å². The number of carbonyl (C=O) groups is 1. The maximum atomic E-state index is 12.2. The Kier molecular flexibility index (Phi) is 4.29. The van der Waals surface area contributed by atoms with Gasteiger partial charge in [0.25, 0.3) is 5.56 Å². The first kappa shape index (κ1) is 14.8. The van der Waals surface area contributed by atoms with Crippen molar-refractivity contribution in [3.8, 4) is 0 Å². The molecule has 0 radical (unpaired) electrons. The molecular formula is C16H17N3O2S. The van der Waals surface area contributed by atoms with E-state index in [1.54, 1.807) is 4.57 Å². The maximum absolute atomic E-state index is 12.2. The van der Waals surface area contributed by atoms with Crippen LogP contribution in [-0.4, -0.2) is 21.2 Å². The fraction of sp³-hybridized carbons (Fsp3) is 0.312. The van der Waals surface area contributed by atoms with Crippen LogP contribution in [0.4, 0.5) is 5.69 Å². The van der Waals surface area contributed by atoms with E-state index in [2.05, 4.69) is 17.2 Å². The number of hydrogen-bond acceptors (Lipinski definition) is 4. The van der Waals surface area contributed by atoms with Crippen molar-refractivity contribution < 1.29 is 4.79 Å². The normalized spacial score (nSPS) is 16.3. The van der Waals surface area contributed by atoms with E-state index in [0.717, 1.165) is 12.1 Å². The zero-order valence-electron chi connectivity index (χ0n) is 12.3. The van der Waals surface area contributed by atoms with Gasteiger partial charge in [-0.3, -0.25) is 14.2 Å². The number of carbonyl (C=O) groups excluding carboxylic acids is 1. The van der Waals surface area contributed by atoms with Crippen molar-refractivity contribution in [2.45, 2.75) is 31.0 Å². The number of aromatic nitrogens is 2. The number of hydrogen-bond donors (Lipinski definition) is 1. The summed E-state index contributed by atoms with van der Waals surface area (Å²) in [5.74, 6) is 0.618. The van der Waals surface area contributed by atoms with Gasteiger partial charge in [0.05, 0.1) is 6.04 Å². The van der Waals surface area contributed by atoms with E-state index < -0.39 is 0 Å². The maximum Gasteiger partial charge on any atom is 0.254 e. The van der Waals surface area contributed by atoms with Gasteiger partial charge in [-0.1, -0.05) is 30.8 Å². The molecule has 114 valence electrons. The molecule has 2 aromatic rings. The Labute approximate surface area is 132 Å². The quantitative estimate of drug-likeness (QED) is 0.880. The van der Waals surface area contributed by atoms with Gasteiger partial charge in [-0.25, -0.2) is 4.98 Å². The molecule has 1 aliphatic rings. The van der Waals surface area contributed by atoms with E-state index in [9.17, 15) is 9.59 Å². The Balaban J connectivity index is 1.67. The molecule has 0 fully saturated rings. The van der Waals surface area contributed by atoms with Gasteiger partial charge in [0.1, 0.15) is 0 Å². The smallest absolute Gasteiger partial charge is 0.254 e. The van der Waals surface area contributed by atoms with Crippen molar-refractivity contribution in [3.05, 3.63) is 52.4 Å². The molecule has 0 spiro atoms. The molecule has 1 aromatic heterocycles. The van der Waals surface area contributed by atoms with Gasteiger partial charge in [-0.05, 0) is 24.1 Å². The summed E-state index contributed by atoms with van der Waals surface area (Å²) in [5, 5.41) is 3.58. The van der Waals surface area contributed by atoms with Gasteiger partial charge in [-0.15, -0.1) is 0 Å². The Morgan fingerprint density at radius 1 is 1.36 bits per heavy atom. The number of aryl methyl sites for hydroxylation is 1. The summed E-state index contributed by atoms with van der Waals surface area (Å²) in [6.07, 6.45) is 2.76. The van der Waals surface area contributed by atoms with E-state index in [-0.39, 0.29) is 23.9 Å². The zero-order valence-corrected chi connectivity index (χ0v) is 13.1. The Morgan fingerprint density at radius 2 is 2.14 bits per heavy atom. The second-order valence-corrected chi connectivity index (χ2v) is 6.19. The van der Waals surface area contributed by atoms with Crippen LogP contribution in [0.3, 0.4) is 0 Å². The Bertz CT molecular complexity index is 740. The molecule has 2 heterocycles. The fourth-order valence-corrected chi connectivity index (χ4v) is 3.61. The van der Waals surface area contributed by atoms with Crippen molar-refractivity contribution in [1.82, 2.24) is 9.55 Å². The average Bonchev–Trinajstić information content (AvgIpc) is 2.92. The van der Waals surface area contributed by atoms with Crippen molar-refractivity contribution >= 4 is 23.4 Å². The van der Waals surface area contributed by atoms with Gasteiger partial charge in [0.2, 0.25) is 5.91 Å².